The smallest absolute Gasteiger partial charge is 0.306 e. The monoisotopic (exact) mass is 394 g/mol. The van der Waals surface area contributed by atoms with E-state index in [0.717, 1.165) is 11.1 Å². The molecule has 1 saturated heterocycles. The molecule has 1 aliphatic heterocycles. The van der Waals surface area contributed by atoms with E-state index in [1.165, 1.54) is 0 Å². The summed E-state index contributed by atoms with van der Waals surface area (Å²) in [6, 6.07) is 14.0. The number of aliphatic carboxylic acids is 1. The van der Waals surface area contributed by atoms with Crippen molar-refractivity contribution in [3.63, 3.8) is 0 Å². The number of hydrogen-bond donors (Lipinski definition) is 3. The van der Waals surface area contributed by atoms with Gasteiger partial charge in [-0.15, -0.1) is 0 Å². The van der Waals surface area contributed by atoms with Gasteiger partial charge in [-0.1, -0.05) is 31.2 Å². The maximum absolute atomic E-state index is 12.4. The highest BCUT2D eigenvalue weighted by Crippen LogP contribution is 2.19. The van der Waals surface area contributed by atoms with Crippen LogP contribution in [0.25, 0.3) is 0 Å². The Morgan fingerprint density at radius 2 is 1.69 bits per heavy atom. The van der Waals surface area contributed by atoms with Crippen LogP contribution in [0, 0.1) is 11.8 Å². The second kappa shape index (κ2) is 8.68. The Balaban J connectivity index is 1.57. The third kappa shape index (κ3) is 5.28. The number of rotatable bonds is 7. The van der Waals surface area contributed by atoms with E-state index in [4.69, 9.17) is 5.11 Å². The van der Waals surface area contributed by atoms with E-state index < -0.39 is 11.9 Å². The van der Waals surface area contributed by atoms with E-state index in [1.807, 2.05) is 0 Å². The summed E-state index contributed by atoms with van der Waals surface area (Å²) in [4.78, 5) is 46.3. The number of carbonyl (C=O) groups excluding carboxylic acids is 3. The number of imide groups is 1. The van der Waals surface area contributed by atoms with E-state index in [1.54, 1.807) is 55.5 Å². The molecule has 2 unspecified atom stereocenters. The van der Waals surface area contributed by atoms with Gasteiger partial charge in [0.25, 0.3) is 5.91 Å². The molecule has 1 heterocycles. The molecule has 0 aliphatic carbocycles. The molecule has 2 atom stereocenters. The zero-order chi connectivity index (χ0) is 21.0. The molecular weight excluding hydrogens is 372 g/mol. The van der Waals surface area contributed by atoms with Gasteiger partial charge in [-0.05, 0) is 48.2 Å². The number of hydrogen-bond acceptors (Lipinski definition) is 4. The van der Waals surface area contributed by atoms with Crippen LogP contribution in [0.4, 0.5) is 5.69 Å². The molecule has 3 N–H and O–H groups in total. The molecule has 3 rings (SSSR count). The number of nitrogens with one attached hydrogen (secondary N) is 2. The second-order valence-corrected chi connectivity index (χ2v) is 7.31. The SMILES string of the molecule is CC(Cc1ccc(NC(=O)c2ccc(CC3CC(=O)NC3=O)cc2)cc1)C(=O)O. The molecule has 29 heavy (non-hydrogen) atoms. The molecule has 2 aromatic rings. The highest BCUT2D eigenvalue weighted by atomic mass is 16.4. The second-order valence-electron chi connectivity index (χ2n) is 7.31. The fourth-order valence-corrected chi connectivity index (χ4v) is 3.22. The first-order chi connectivity index (χ1) is 13.8. The summed E-state index contributed by atoms with van der Waals surface area (Å²) in [5, 5.41) is 14.1. The average Bonchev–Trinajstić information content (AvgIpc) is 3.00. The molecule has 0 aromatic heterocycles. The van der Waals surface area contributed by atoms with E-state index in [9.17, 15) is 19.2 Å². The Hall–Kier alpha value is -3.48. The molecule has 1 aliphatic rings. The summed E-state index contributed by atoms with van der Waals surface area (Å²) in [5.41, 5.74) is 2.86. The highest BCUT2D eigenvalue weighted by molar-refractivity contribution is 6.04. The van der Waals surface area contributed by atoms with Crippen LogP contribution < -0.4 is 10.6 Å². The maximum atomic E-state index is 12.4. The van der Waals surface area contributed by atoms with E-state index >= 15 is 0 Å². The predicted molar refractivity (Wildman–Crippen MR) is 106 cm³/mol. The van der Waals surface area contributed by atoms with Gasteiger partial charge in [0.15, 0.2) is 0 Å². The first-order valence-electron chi connectivity index (χ1n) is 9.37. The van der Waals surface area contributed by atoms with Crippen LogP contribution in [0.2, 0.25) is 0 Å². The zero-order valence-electron chi connectivity index (χ0n) is 16.0. The van der Waals surface area contributed by atoms with Gasteiger partial charge >= 0.3 is 5.97 Å². The first-order valence-corrected chi connectivity index (χ1v) is 9.37. The van der Waals surface area contributed by atoms with Crippen molar-refractivity contribution in [3.8, 4) is 0 Å². The predicted octanol–water partition coefficient (Wildman–Crippen LogP) is 2.41. The van der Waals surface area contributed by atoms with Crippen LogP contribution in [-0.2, 0) is 27.2 Å². The molecule has 7 heteroatoms. The summed E-state index contributed by atoms with van der Waals surface area (Å²) in [6.45, 7) is 1.65. The van der Waals surface area contributed by atoms with Crippen molar-refractivity contribution in [3.05, 3.63) is 65.2 Å². The third-order valence-electron chi connectivity index (χ3n) is 4.94. The summed E-state index contributed by atoms with van der Waals surface area (Å²) in [6.07, 6.45) is 1.08. The lowest BCUT2D eigenvalue weighted by Crippen LogP contribution is -2.22. The molecule has 0 radical (unpaired) electrons. The number of anilines is 1. The quantitative estimate of drug-likeness (QED) is 0.624. The van der Waals surface area contributed by atoms with Crippen molar-refractivity contribution in [1.29, 1.82) is 0 Å². The van der Waals surface area contributed by atoms with Gasteiger partial charge in [-0.2, -0.15) is 0 Å². The molecule has 0 spiro atoms. The van der Waals surface area contributed by atoms with Gasteiger partial charge in [-0.25, -0.2) is 0 Å². The minimum Gasteiger partial charge on any atom is -0.481 e. The number of carbonyl (C=O) groups is 4. The topological polar surface area (TPSA) is 113 Å². The van der Waals surface area contributed by atoms with E-state index in [0.29, 0.717) is 24.1 Å². The summed E-state index contributed by atoms with van der Waals surface area (Å²) in [5.74, 6) is -2.44. The Labute approximate surface area is 168 Å². The molecule has 0 saturated carbocycles. The van der Waals surface area contributed by atoms with Crippen LogP contribution >= 0.6 is 0 Å². The molecule has 3 amide bonds. The van der Waals surface area contributed by atoms with Crippen LogP contribution in [0.3, 0.4) is 0 Å². The summed E-state index contributed by atoms with van der Waals surface area (Å²) in [7, 11) is 0. The molecule has 2 aromatic carbocycles. The lowest BCUT2D eigenvalue weighted by molar-refractivity contribution is -0.141. The van der Waals surface area contributed by atoms with Crippen molar-refractivity contribution in [2.24, 2.45) is 11.8 Å². The maximum Gasteiger partial charge on any atom is 0.306 e. The lowest BCUT2D eigenvalue weighted by atomic mass is 9.97. The van der Waals surface area contributed by atoms with Crippen molar-refractivity contribution < 1.29 is 24.3 Å². The first kappa shape index (κ1) is 20.3. The Morgan fingerprint density at radius 3 is 2.24 bits per heavy atom. The molecular formula is C22H22N2O5. The van der Waals surface area contributed by atoms with Crippen LogP contribution in [-0.4, -0.2) is 28.8 Å². The Bertz CT molecular complexity index is 935. The summed E-state index contributed by atoms with van der Waals surface area (Å²) < 4.78 is 0. The minimum atomic E-state index is -0.842. The standard InChI is InChI=1S/C22H22N2O5/c1-13(22(28)29)10-14-4-8-18(9-5-14)23-20(26)16-6-2-15(3-7-16)11-17-12-19(25)24-21(17)27/h2-9,13,17H,10-12H2,1H3,(H,23,26)(H,28,29)(H,24,25,27). The number of carboxylic acids is 1. The molecule has 1 fully saturated rings. The van der Waals surface area contributed by atoms with Gasteiger partial charge in [0, 0.05) is 17.7 Å². The zero-order valence-corrected chi connectivity index (χ0v) is 16.0. The fourth-order valence-electron chi connectivity index (χ4n) is 3.22. The average molecular weight is 394 g/mol. The van der Waals surface area contributed by atoms with E-state index in [-0.39, 0.29) is 30.1 Å². The molecule has 0 bridgehead atoms. The van der Waals surface area contributed by atoms with E-state index in [2.05, 4.69) is 10.6 Å². The van der Waals surface area contributed by atoms with Crippen molar-refractivity contribution >= 4 is 29.4 Å². The lowest BCUT2D eigenvalue weighted by Gasteiger charge is -2.10. The Kier molecular flexibility index (Phi) is 6.07. The minimum absolute atomic E-state index is 0.197. The highest BCUT2D eigenvalue weighted by Gasteiger charge is 2.30. The van der Waals surface area contributed by atoms with Crippen LogP contribution in [0.5, 0.6) is 0 Å². The third-order valence-corrected chi connectivity index (χ3v) is 4.94. The number of benzene rings is 2. The Morgan fingerprint density at radius 1 is 1.07 bits per heavy atom. The van der Waals surface area contributed by atoms with Crippen molar-refractivity contribution in [2.75, 3.05) is 5.32 Å². The van der Waals surface area contributed by atoms with Crippen LogP contribution in [0.1, 0.15) is 34.8 Å². The van der Waals surface area contributed by atoms with Gasteiger partial charge in [0.2, 0.25) is 11.8 Å². The van der Waals surface area contributed by atoms with Crippen molar-refractivity contribution in [2.45, 2.75) is 26.2 Å². The molecule has 7 nitrogen and oxygen atoms in total. The van der Waals surface area contributed by atoms with Gasteiger partial charge in [0.05, 0.1) is 11.8 Å². The largest absolute Gasteiger partial charge is 0.481 e. The van der Waals surface area contributed by atoms with Crippen LogP contribution in [0.15, 0.2) is 48.5 Å². The van der Waals surface area contributed by atoms with Crippen molar-refractivity contribution in [1.82, 2.24) is 5.32 Å². The molecule has 150 valence electrons. The number of carboxylic acid groups (broad SMARTS) is 1. The summed E-state index contributed by atoms with van der Waals surface area (Å²) >= 11 is 0. The van der Waals surface area contributed by atoms with Gasteiger partial charge < -0.3 is 10.4 Å². The fraction of sp³-hybridized carbons (Fsp3) is 0.273. The number of amides is 3. The normalized spacial score (nSPS) is 16.9. The van der Waals surface area contributed by atoms with Gasteiger partial charge in [-0.3, -0.25) is 24.5 Å². The van der Waals surface area contributed by atoms with Gasteiger partial charge in [0.1, 0.15) is 0 Å².